The Bertz CT molecular complexity index is 589. The van der Waals surface area contributed by atoms with Crippen molar-refractivity contribution in [1.82, 2.24) is 10.3 Å². The Hall–Kier alpha value is -2.08. The van der Waals surface area contributed by atoms with Gasteiger partial charge >= 0.3 is 0 Å². The molecule has 20 heavy (non-hydrogen) atoms. The summed E-state index contributed by atoms with van der Waals surface area (Å²) in [4.78, 5) is 16.4. The third-order valence-corrected chi connectivity index (χ3v) is 3.66. The van der Waals surface area contributed by atoms with E-state index in [1.807, 2.05) is 0 Å². The van der Waals surface area contributed by atoms with Gasteiger partial charge in [-0.15, -0.1) is 11.8 Å². The van der Waals surface area contributed by atoms with Gasteiger partial charge in [0, 0.05) is 17.6 Å². The number of aromatic nitrogens is 1. The summed E-state index contributed by atoms with van der Waals surface area (Å²) >= 11 is 1.36. The van der Waals surface area contributed by atoms with E-state index < -0.39 is 0 Å². The van der Waals surface area contributed by atoms with Gasteiger partial charge in [0.15, 0.2) is 0 Å². The van der Waals surface area contributed by atoms with Crippen molar-refractivity contribution in [3.05, 3.63) is 54.1 Å². The van der Waals surface area contributed by atoms with Gasteiger partial charge in [0.2, 0.25) is 5.91 Å². The number of hydrogen-bond acceptors (Lipinski definition) is 4. The Morgan fingerprint density at radius 1 is 1.30 bits per heavy atom. The molecular formula is C14H14FN3OS. The highest BCUT2D eigenvalue weighted by Gasteiger charge is 2.05. The fourth-order valence-corrected chi connectivity index (χ4v) is 2.29. The molecule has 0 saturated carbocycles. The Morgan fingerprint density at radius 2 is 2.05 bits per heavy atom. The van der Waals surface area contributed by atoms with E-state index in [1.54, 1.807) is 30.6 Å². The Balaban J connectivity index is 1.78. The fourth-order valence-electron chi connectivity index (χ4n) is 1.52. The van der Waals surface area contributed by atoms with Gasteiger partial charge in [0.25, 0.3) is 0 Å². The van der Waals surface area contributed by atoms with E-state index in [2.05, 4.69) is 10.3 Å². The molecule has 3 N–H and O–H groups in total. The fraction of sp³-hybridized carbons (Fsp3) is 0.143. The van der Waals surface area contributed by atoms with Crippen molar-refractivity contribution in [2.45, 2.75) is 11.4 Å². The number of benzene rings is 1. The third-order valence-electron chi connectivity index (χ3n) is 2.57. The average molecular weight is 291 g/mol. The summed E-state index contributed by atoms with van der Waals surface area (Å²) < 4.78 is 12.7. The number of pyridine rings is 1. The van der Waals surface area contributed by atoms with Crippen LogP contribution < -0.4 is 11.1 Å². The first-order valence-electron chi connectivity index (χ1n) is 5.98. The second kappa shape index (κ2) is 6.91. The number of nitrogens with zero attached hydrogens (tertiary/aromatic N) is 1. The van der Waals surface area contributed by atoms with Crippen LogP contribution in [0.1, 0.15) is 5.56 Å². The molecule has 0 bridgehead atoms. The predicted octanol–water partition coefficient (Wildman–Crippen LogP) is 2.21. The van der Waals surface area contributed by atoms with Crippen molar-refractivity contribution in [1.29, 1.82) is 0 Å². The molecule has 0 radical (unpaired) electrons. The van der Waals surface area contributed by atoms with E-state index >= 15 is 0 Å². The largest absolute Gasteiger partial charge is 0.397 e. The molecule has 0 atom stereocenters. The third kappa shape index (κ3) is 4.24. The lowest BCUT2D eigenvalue weighted by molar-refractivity contribution is -0.118. The van der Waals surface area contributed by atoms with Crippen molar-refractivity contribution in [2.24, 2.45) is 0 Å². The van der Waals surface area contributed by atoms with Crippen LogP contribution in [-0.2, 0) is 11.3 Å². The predicted molar refractivity (Wildman–Crippen MR) is 77.6 cm³/mol. The molecule has 1 aromatic carbocycles. The first-order chi connectivity index (χ1) is 9.65. The summed E-state index contributed by atoms with van der Waals surface area (Å²) in [5.41, 5.74) is 7.15. The van der Waals surface area contributed by atoms with Crippen molar-refractivity contribution < 1.29 is 9.18 Å². The molecule has 1 amide bonds. The maximum Gasteiger partial charge on any atom is 0.230 e. The molecule has 1 aromatic heterocycles. The summed E-state index contributed by atoms with van der Waals surface area (Å²) in [6.07, 6.45) is 3.19. The van der Waals surface area contributed by atoms with Crippen LogP contribution in [0.2, 0.25) is 0 Å². The topological polar surface area (TPSA) is 68.0 Å². The van der Waals surface area contributed by atoms with E-state index in [4.69, 9.17) is 5.73 Å². The molecule has 0 fully saturated rings. The lowest BCUT2D eigenvalue weighted by atomic mass is 10.2. The number of carbonyl (C=O) groups excluding carboxylic acids is 1. The Labute approximate surface area is 120 Å². The number of rotatable bonds is 5. The number of nitrogens with two attached hydrogens (primary N) is 1. The number of hydrogen-bond donors (Lipinski definition) is 2. The van der Waals surface area contributed by atoms with Gasteiger partial charge in [-0.1, -0.05) is 12.1 Å². The minimum Gasteiger partial charge on any atom is -0.397 e. The zero-order valence-corrected chi connectivity index (χ0v) is 11.5. The molecule has 0 aliphatic rings. The molecule has 0 spiro atoms. The maximum atomic E-state index is 12.7. The SMILES string of the molecule is Nc1cnccc1SCC(=O)NCc1ccc(F)cc1. The van der Waals surface area contributed by atoms with Crippen LogP contribution >= 0.6 is 11.8 Å². The standard InChI is InChI=1S/C14H14FN3OS/c15-11-3-1-10(2-4-11)7-18-14(19)9-20-13-5-6-17-8-12(13)16/h1-6,8H,7,9,16H2,(H,18,19). The number of thioether (sulfide) groups is 1. The van der Waals surface area contributed by atoms with E-state index in [0.717, 1.165) is 10.5 Å². The number of nitrogens with one attached hydrogen (secondary N) is 1. The van der Waals surface area contributed by atoms with Crippen molar-refractivity contribution in [3.63, 3.8) is 0 Å². The van der Waals surface area contributed by atoms with Crippen LogP contribution in [-0.4, -0.2) is 16.6 Å². The summed E-state index contributed by atoms with van der Waals surface area (Å²) in [5.74, 6) is -0.116. The lowest BCUT2D eigenvalue weighted by Gasteiger charge is -2.06. The zero-order valence-electron chi connectivity index (χ0n) is 10.7. The molecule has 0 aliphatic heterocycles. The Kier molecular flexibility index (Phi) is 4.95. The molecule has 2 aromatic rings. The molecule has 0 unspecified atom stereocenters. The van der Waals surface area contributed by atoms with E-state index in [-0.39, 0.29) is 17.5 Å². The van der Waals surface area contributed by atoms with Crippen LogP contribution in [0.15, 0.2) is 47.6 Å². The Morgan fingerprint density at radius 3 is 2.75 bits per heavy atom. The summed E-state index contributed by atoms with van der Waals surface area (Å²) in [7, 11) is 0. The minimum atomic E-state index is -0.288. The normalized spacial score (nSPS) is 10.2. The van der Waals surface area contributed by atoms with Gasteiger partial charge in [-0.3, -0.25) is 9.78 Å². The second-order valence-corrected chi connectivity index (χ2v) is 5.12. The first-order valence-corrected chi connectivity index (χ1v) is 6.97. The number of anilines is 1. The zero-order chi connectivity index (χ0) is 14.4. The van der Waals surface area contributed by atoms with Crippen LogP contribution in [0.25, 0.3) is 0 Å². The van der Waals surface area contributed by atoms with Crippen LogP contribution in [0, 0.1) is 5.82 Å². The van der Waals surface area contributed by atoms with E-state index in [9.17, 15) is 9.18 Å². The van der Waals surface area contributed by atoms with Crippen LogP contribution in [0.3, 0.4) is 0 Å². The highest BCUT2D eigenvalue weighted by molar-refractivity contribution is 8.00. The van der Waals surface area contributed by atoms with Gasteiger partial charge in [0.05, 0.1) is 17.6 Å². The summed E-state index contributed by atoms with van der Waals surface area (Å²) in [5, 5.41) is 2.77. The van der Waals surface area contributed by atoms with Crippen LogP contribution in [0.4, 0.5) is 10.1 Å². The number of carbonyl (C=O) groups is 1. The van der Waals surface area contributed by atoms with Crippen molar-refractivity contribution in [3.8, 4) is 0 Å². The number of amides is 1. The molecule has 104 valence electrons. The van der Waals surface area contributed by atoms with Gasteiger partial charge in [0.1, 0.15) is 5.82 Å². The number of nitrogen functional groups attached to an aromatic ring is 1. The lowest BCUT2D eigenvalue weighted by Crippen LogP contribution is -2.24. The molecule has 2 rings (SSSR count). The van der Waals surface area contributed by atoms with Gasteiger partial charge in [-0.25, -0.2) is 4.39 Å². The number of halogens is 1. The first kappa shape index (κ1) is 14.3. The second-order valence-electron chi connectivity index (χ2n) is 4.11. The summed E-state index contributed by atoms with van der Waals surface area (Å²) in [6, 6.07) is 7.79. The van der Waals surface area contributed by atoms with Gasteiger partial charge < -0.3 is 11.1 Å². The quantitative estimate of drug-likeness (QED) is 0.829. The van der Waals surface area contributed by atoms with Crippen molar-refractivity contribution >= 4 is 23.4 Å². The molecule has 4 nitrogen and oxygen atoms in total. The van der Waals surface area contributed by atoms with Crippen molar-refractivity contribution in [2.75, 3.05) is 11.5 Å². The smallest absolute Gasteiger partial charge is 0.230 e. The molecule has 1 heterocycles. The molecule has 0 saturated heterocycles. The average Bonchev–Trinajstić information content (AvgIpc) is 2.46. The van der Waals surface area contributed by atoms with E-state index in [0.29, 0.717) is 12.2 Å². The van der Waals surface area contributed by atoms with Crippen LogP contribution in [0.5, 0.6) is 0 Å². The molecule has 0 aliphatic carbocycles. The monoisotopic (exact) mass is 291 g/mol. The molecular weight excluding hydrogens is 277 g/mol. The van der Waals surface area contributed by atoms with E-state index in [1.165, 1.54) is 23.9 Å². The molecule has 6 heteroatoms. The maximum absolute atomic E-state index is 12.7. The van der Waals surface area contributed by atoms with Gasteiger partial charge in [-0.05, 0) is 23.8 Å². The summed E-state index contributed by atoms with van der Waals surface area (Å²) in [6.45, 7) is 0.380. The highest BCUT2D eigenvalue weighted by atomic mass is 32.2. The highest BCUT2D eigenvalue weighted by Crippen LogP contribution is 2.22. The van der Waals surface area contributed by atoms with Gasteiger partial charge in [-0.2, -0.15) is 0 Å². The minimum absolute atomic E-state index is 0.101.